The molecule has 0 unspecified atom stereocenters. The fourth-order valence-electron chi connectivity index (χ4n) is 5.09. The minimum Gasteiger partial charge on any atom is -0.481 e. The summed E-state index contributed by atoms with van der Waals surface area (Å²) in [5.74, 6) is -0.798. The highest BCUT2D eigenvalue weighted by molar-refractivity contribution is 7.99. The number of carboxylic acid groups (broad SMARTS) is 1. The topological polar surface area (TPSA) is 72.8 Å². The molecule has 5 nitrogen and oxygen atoms in total. The van der Waals surface area contributed by atoms with Crippen LogP contribution in [0.3, 0.4) is 0 Å². The predicted molar refractivity (Wildman–Crippen MR) is 131 cm³/mol. The van der Waals surface area contributed by atoms with Crippen molar-refractivity contribution in [3.8, 4) is 0 Å². The molecule has 0 spiro atoms. The second-order valence-corrected chi connectivity index (χ2v) is 10.8. The average molecular weight is 471 g/mol. The number of rotatable bonds is 20. The Morgan fingerprint density at radius 2 is 1.28 bits per heavy atom. The zero-order valence-corrected chi connectivity index (χ0v) is 21.0. The largest absolute Gasteiger partial charge is 0.481 e. The Bertz CT molecular complexity index is 526. The van der Waals surface area contributed by atoms with E-state index in [1.54, 1.807) is 0 Å². The van der Waals surface area contributed by atoms with Crippen LogP contribution in [0.5, 0.6) is 0 Å². The molecule has 32 heavy (non-hydrogen) atoms. The van der Waals surface area contributed by atoms with Crippen molar-refractivity contribution in [2.45, 2.75) is 122 Å². The van der Waals surface area contributed by atoms with Crippen molar-refractivity contribution in [3.63, 3.8) is 0 Å². The Hall–Kier alpha value is -0.750. The number of esters is 1. The van der Waals surface area contributed by atoms with Gasteiger partial charge in [0.1, 0.15) is 6.61 Å². The van der Waals surface area contributed by atoms with Crippen molar-refractivity contribution in [2.24, 2.45) is 11.8 Å². The average Bonchev–Trinajstić information content (AvgIpc) is 3.40. The van der Waals surface area contributed by atoms with E-state index in [-0.39, 0.29) is 18.2 Å². The maximum atomic E-state index is 12.3. The predicted octanol–water partition coefficient (Wildman–Crippen LogP) is 6.62. The van der Waals surface area contributed by atoms with Crippen LogP contribution < -0.4 is 0 Å². The van der Waals surface area contributed by atoms with Crippen molar-refractivity contribution >= 4 is 23.7 Å². The molecule has 2 fully saturated rings. The van der Waals surface area contributed by atoms with Crippen LogP contribution in [0, 0.1) is 11.8 Å². The SMILES string of the molecule is CCCCCCCCCCCCCCCCSCCOC(=O)[C@@H]1[C@@H](C(=O)O)[C@@H]2CC[C@@H]1O2. The summed E-state index contributed by atoms with van der Waals surface area (Å²) >= 11 is 1.82. The van der Waals surface area contributed by atoms with Gasteiger partial charge in [0, 0.05) is 5.75 Å². The maximum absolute atomic E-state index is 12.3. The van der Waals surface area contributed by atoms with Crippen LogP contribution in [0.1, 0.15) is 110 Å². The Balaban J connectivity index is 1.33. The molecule has 2 saturated heterocycles. The van der Waals surface area contributed by atoms with Gasteiger partial charge in [0.05, 0.1) is 24.0 Å². The second-order valence-electron chi connectivity index (χ2n) is 9.56. The van der Waals surface area contributed by atoms with Crippen LogP contribution >= 0.6 is 11.8 Å². The number of carbonyl (C=O) groups excluding carboxylic acids is 1. The fourth-order valence-corrected chi connectivity index (χ4v) is 5.90. The lowest BCUT2D eigenvalue weighted by Gasteiger charge is -2.23. The van der Waals surface area contributed by atoms with Crippen LogP contribution in [0.15, 0.2) is 0 Å². The zero-order chi connectivity index (χ0) is 23.0. The van der Waals surface area contributed by atoms with E-state index in [1.807, 2.05) is 11.8 Å². The summed E-state index contributed by atoms with van der Waals surface area (Å²) in [5, 5.41) is 9.39. The molecule has 2 rings (SSSR count). The third-order valence-corrected chi connectivity index (χ3v) is 7.98. The van der Waals surface area contributed by atoms with Gasteiger partial charge >= 0.3 is 11.9 Å². The number of carboxylic acids is 1. The molecule has 2 bridgehead atoms. The van der Waals surface area contributed by atoms with Crippen molar-refractivity contribution in [1.82, 2.24) is 0 Å². The van der Waals surface area contributed by atoms with Crippen LogP contribution in [0.2, 0.25) is 0 Å². The molecule has 1 N–H and O–H groups in total. The van der Waals surface area contributed by atoms with E-state index in [9.17, 15) is 14.7 Å². The first-order valence-electron chi connectivity index (χ1n) is 13.3. The lowest BCUT2D eigenvalue weighted by atomic mass is 9.79. The number of aliphatic carboxylic acids is 1. The first-order chi connectivity index (χ1) is 15.6. The summed E-state index contributed by atoms with van der Waals surface area (Å²) in [5.41, 5.74) is 0. The van der Waals surface area contributed by atoms with Gasteiger partial charge in [0.15, 0.2) is 0 Å². The van der Waals surface area contributed by atoms with Crippen molar-refractivity contribution in [3.05, 3.63) is 0 Å². The summed E-state index contributed by atoms with van der Waals surface area (Å²) < 4.78 is 11.0. The molecule has 2 heterocycles. The van der Waals surface area contributed by atoms with Gasteiger partial charge in [-0.1, -0.05) is 90.4 Å². The van der Waals surface area contributed by atoms with E-state index in [1.165, 1.54) is 89.9 Å². The Labute approximate surface area is 199 Å². The smallest absolute Gasteiger partial charge is 0.312 e. The van der Waals surface area contributed by atoms with Gasteiger partial charge in [0.25, 0.3) is 0 Å². The van der Waals surface area contributed by atoms with E-state index >= 15 is 0 Å². The van der Waals surface area contributed by atoms with Gasteiger partial charge in [-0.15, -0.1) is 0 Å². The molecule has 0 aliphatic carbocycles. The van der Waals surface area contributed by atoms with Crippen LogP contribution in [-0.4, -0.2) is 47.4 Å². The van der Waals surface area contributed by atoms with E-state index in [2.05, 4.69) is 6.92 Å². The summed E-state index contributed by atoms with van der Waals surface area (Å²) in [7, 11) is 0. The van der Waals surface area contributed by atoms with Gasteiger partial charge in [-0.25, -0.2) is 0 Å². The molecule has 2 aliphatic heterocycles. The summed E-state index contributed by atoms with van der Waals surface area (Å²) in [4.78, 5) is 23.8. The van der Waals surface area contributed by atoms with Crippen LogP contribution in [0.25, 0.3) is 0 Å². The lowest BCUT2D eigenvalue weighted by Crippen LogP contribution is -2.39. The minimum atomic E-state index is -0.939. The standard InChI is InChI=1S/C26H46O5S/c1-2-3-4-5-6-7-8-9-10-11-12-13-14-15-19-32-20-18-30-26(29)24-22-17-16-21(31-22)23(24)25(27)28/h21-24H,2-20H2,1H3,(H,27,28)/t21-,22-,23-,24-/m0/s1. The van der Waals surface area contributed by atoms with Crippen molar-refractivity contribution in [2.75, 3.05) is 18.1 Å². The molecule has 0 aromatic rings. The number of hydrogen-bond acceptors (Lipinski definition) is 5. The van der Waals surface area contributed by atoms with E-state index in [0.29, 0.717) is 6.61 Å². The zero-order valence-electron chi connectivity index (χ0n) is 20.2. The van der Waals surface area contributed by atoms with E-state index in [0.717, 1.165) is 24.3 Å². The van der Waals surface area contributed by atoms with Crippen LogP contribution in [0.4, 0.5) is 0 Å². The Morgan fingerprint density at radius 1 is 0.781 bits per heavy atom. The van der Waals surface area contributed by atoms with Gasteiger partial charge in [-0.3, -0.25) is 9.59 Å². The summed E-state index contributed by atoms with van der Waals surface area (Å²) in [6.07, 6.45) is 20.1. The maximum Gasteiger partial charge on any atom is 0.312 e. The number of carbonyl (C=O) groups is 2. The fraction of sp³-hybridized carbons (Fsp3) is 0.923. The first-order valence-corrected chi connectivity index (χ1v) is 14.4. The summed E-state index contributed by atoms with van der Waals surface area (Å²) in [6.45, 7) is 2.64. The van der Waals surface area contributed by atoms with Gasteiger partial charge < -0.3 is 14.6 Å². The Kier molecular flexibility index (Phi) is 14.4. The van der Waals surface area contributed by atoms with Crippen molar-refractivity contribution in [1.29, 1.82) is 0 Å². The molecular formula is C26H46O5S. The molecule has 0 aromatic carbocycles. The monoisotopic (exact) mass is 470 g/mol. The third kappa shape index (κ3) is 10.0. The molecule has 0 amide bonds. The highest BCUT2D eigenvalue weighted by Gasteiger charge is 2.56. The molecule has 0 radical (unpaired) electrons. The second kappa shape index (κ2) is 16.8. The number of fused-ring (bicyclic) bond motifs is 2. The minimum absolute atomic E-state index is 0.267. The Morgan fingerprint density at radius 3 is 1.81 bits per heavy atom. The lowest BCUT2D eigenvalue weighted by molar-refractivity contribution is -0.157. The molecular weight excluding hydrogens is 424 g/mol. The molecule has 2 aliphatic rings. The molecule has 186 valence electrons. The van der Waals surface area contributed by atoms with E-state index < -0.39 is 17.8 Å². The third-order valence-electron chi connectivity index (χ3n) is 6.94. The van der Waals surface area contributed by atoms with Gasteiger partial charge in [-0.2, -0.15) is 11.8 Å². The highest BCUT2D eigenvalue weighted by Crippen LogP contribution is 2.44. The highest BCUT2D eigenvalue weighted by atomic mass is 32.2. The number of unbranched alkanes of at least 4 members (excludes halogenated alkanes) is 13. The molecule has 6 heteroatoms. The quantitative estimate of drug-likeness (QED) is 0.159. The first kappa shape index (κ1) is 27.5. The van der Waals surface area contributed by atoms with Gasteiger partial charge in [-0.05, 0) is 25.0 Å². The van der Waals surface area contributed by atoms with E-state index in [4.69, 9.17) is 9.47 Å². The molecule has 0 aromatic heterocycles. The number of thioether (sulfide) groups is 1. The van der Waals surface area contributed by atoms with Gasteiger partial charge in [0.2, 0.25) is 0 Å². The van der Waals surface area contributed by atoms with Crippen LogP contribution in [-0.2, 0) is 19.1 Å². The summed E-state index contributed by atoms with van der Waals surface area (Å²) in [6, 6.07) is 0. The number of hydrogen-bond donors (Lipinski definition) is 1. The molecule has 4 atom stereocenters. The normalized spacial score (nSPS) is 24.2. The molecule has 0 saturated carbocycles. The number of ether oxygens (including phenoxy) is 2. The van der Waals surface area contributed by atoms with Crippen molar-refractivity contribution < 1.29 is 24.2 Å².